The fourth-order valence-electron chi connectivity index (χ4n) is 2.13. The van der Waals surface area contributed by atoms with E-state index in [0.717, 1.165) is 18.4 Å². The van der Waals surface area contributed by atoms with Gasteiger partial charge in [0.2, 0.25) is 0 Å². The van der Waals surface area contributed by atoms with Crippen LogP contribution in [0.5, 0.6) is 0 Å². The first-order valence-electron chi connectivity index (χ1n) is 6.93. The van der Waals surface area contributed by atoms with Gasteiger partial charge in [0.25, 0.3) is 0 Å². The number of rotatable bonds is 8. The number of hydrogen-bond acceptors (Lipinski definition) is 1. The van der Waals surface area contributed by atoms with E-state index in [1.807, 2.05) is 0 Å². The van der Waals surface area contributed by atoms with Crippen molar-refractivity contribution >= 4 is 0 Å². The van der Waals surface area contributed by atoms with Gasteiger partial charge in [0, 0.05) is 0 Å². The first kappa shape index (κ1) is 14.7. The fourth-order valence-corrected chi connectivity index (χ4v) is 2.13. The van der Waals surface area contributed by atoms with Gasteiger partial charge in [-0.25, -0.2) is 4.39 Å². The largest absolute Gasteiger partial charge is 0.207 e. The van der Waals surface area contributed by atoms with E-state index < -0.39 is 0 Å². The Bertz CT molecular complexity index is 364. The molecule has 0 aliphatic carbocycles. The molecule has 98 valence electrons. The van der Waals surface area contributed by atoms with Gasteiger partial charge < -0.3 is 0 Å². The van der Waals surface area contributed by atoms with Crippen LogP contribution < -0.4 is 0 Å². The van der Waals surface area contributed by atoms with Crippen LogP contribution in [0.15, 0.2) is 24.3 Å². The Balaban J connectivity index is 2.30. The maximum Gasteiger partial charge on any atom is 0.123 e. The summed E-state index contributed by atoms with van der Waals surface area (Å²) in [6, 6.07) is 8.63. The molecule has 0 saturated carbocycles. The number of halogens is 1. The third-order valence-corrected chi connectivity index (χ3v) is 3.27. The Morgan fingerprint density at radius 3 is 2.28 bits per heavy atom. The van der Waals surface area contributed by atoms with Crippen LogP contribution in [0.25, 0.3) is 0 Å². The first-order valence-corrected chi connectivity index (χ1v) is 6.93. The summed E-state index contributed by atoms with van der Waals surface area (Å²) in [4.78, 5) is 0. The SMILES string of the molecule is CCCCCCCC[C@H](C#N)c1ccc(F)cc1. The monoisotopic (exact) mass is 247 g/mol. The highest BCUT2D eigenvalue weighted by Crippen LogP contribution is 2.22. The van der Waals surface area contributed by atoms with E-state index in [2.05, 4.69) is 13.0 Å². The average Bonchev–Trinajstić information content (AvgIpc) is 2.39. The van der Waals surface area contributed by atoms with Crippen LogP contribution in [0.2, 0.25) is 0 Å². The summed E-state index contributed by atoms with van der Waals surface area (Å²) < 4.78 is 12.8. The predicted molar refractivity (Wildman–Crippen MR) is 72.7 cm³/mol. The highest BCUT2D eigenvalue weighted by Gasteiger charge is 2.09. The Morgan fingerprint density at radius 1 is 1.06 bits per heavy atom. The van der Waals surface area contributed by atoms with Crippen molar-refractivity contribution in [3.05, 3.63) is 35.6 Å². The molecular weight excluding hydrogens is 225 g/mol. The molecular formula is C16H22FN. The van der Waals surface area contributed by atoms with Crippen molar-refractivity contribution in [3.8, 4) is 6.07 Å². The van der Waals surface area contributed by atoms with E-state index in [-0.39, 0.29) is 11.7 Å². The number of hydrogen-bond donors (Lipinski definition) is 0. The average molecular weight is 247 g/mol. The zero-order chi connectivity index (χ0) is 13.2. The Kier molecular flexibility index (Phi) is 7.10. The second kappa shape index (κ2) is 8.69. The number of nitrogens with zero attached hydrogens (tertiary/aromatic N) is 1. The van der Waals surface area contributed by atoms with Crippen molar-refractivity contribution in [2.24, 2.45) is 0 Å². The van der Waals surface area contributed by atoms with Crippen molar-refractivity contribution in [2.45, 2.75) is 57.8 Å². The van der Waals surface area contributed by atoms with Crippen LogP contribution in [-0.4, -0.2) is 0 Å². The second-order valence-electron chi connectivity index (χ2n) is 4.79. The van der Waals surface area contributed by atoms with E-state index in [1.54, 1.807) is 12.1 Å². The minimum atomic E-state index is -0.241. The van der Waals surface area contributed by atoms with Crippen LogP contribution in [0, 0.1) is 17.1 Å². The van der Waals surface area contributed by atoms with Gasteiger partial charge >= 0.3 is 0 Å². The van der Waals surface area contributed by atoms with Gasteiger partial charge in [-0.3, -0.25) is 0 Å². The zero-order valence-corrected chi connectivity index (χ0v) is 11.2. The molecule has 0 N–H and O–H groups in total. The molecule has 1 aromatic rings. The first-order chi connectivity index (χ1) is 8.77. The summed E-state index contributed by atoms with van der Waals surface area (Å²) >= 11 is 0. The molecule has 0 spiro atoms. The number of unbranched alkanes of at least 4 members (excludes halogenated alkanes) is 5. The van der Waals surface area contributed by atoms with Crippen LogP contribution in [0.1, 0.15) is 63.4 Å². The van der Waals surface area contributed by atoms with E-state index >= 15 is 0 Å². The minimum absolute atomic E-state index is 0.0863. The quantitative estimate of drug-likeness (QED) is 0.580. The van der Waals surface area contributed by atoms with Crippen molar-refractivity contribution in [1.82, 2.24) is 0 Å². The zero-order valence-electron chi connectivity index (χ0n) is 11.2. The number of benzene rings is 1. The maximum absolute atomic E-state index is 12.8. The van der Waals surface area contributed by atoms with Crippen molar-refractivity contribution in [1.29, 1.82) is 5.26 Å². The second-order valence-corrected chi connectivity index (χ2v) is 4.79. The molecule has 18 heavy (non-hydrogen) atoms. The van der Waals surface area contributed by atoms with Gasteiger partial charge in [0.05, 0.1) is 12.0 Å². The minimum Gasteiger partial charge on any atom is -0.207 e. The Hall–Kier alpha value is -1.36. The van der Waals surface area contributed by atoms with Gasteiger partial charge in [-0.05, 0) is 24.1 Å². The summed E-state index contributed by atoms with van der Waals surface area (Å²) in [5.74, 6) is -0.327. The summed E-state index contributed by atoms with van der Waals surface area (Å²) in [7, 11) is 0. The van der Waals surface area contributed by atoms with Crippen LogP contribution in [0.3, 0.4) is 0 Å². The third kappa shape index (κ3) is 5.31. The molecule has 0 radical (unpaired) electrons. The molecule has 0 unspecified atom stereocenters. The van der Waals surface area contributed by atoms with Crippen molar-refractivity contribution in [3.63, 3.8) is 0 Å². The van der Waals surface area contributed by atoms with E-state index in [0.29, 0.717) is 0 Å². The molecule has 0 aliphatic heterocycles. The molecule has 0 heterocycles. The predicted octanol–water partition coefficient (Wildman–Crippen LogP) is 5.18. The van der Waals surface area contributed by atoms with Crippen molar-refractivity contribution in [2.75, 3.05) is 0 Å². The molecule has 1 rings (SSSR count). The summed E-state index contributed by atoms with van der Waals surface area (Å²) in [5, 5.41) is 9.15. The molecule has 0 aliphatic rings. The molecule has 0 aromatic heterocycles. The van der Waals surface area contributed by atoms with Crippen LogP contribution >= 0.6 is 0 Å². The molecule has 1 atom stereocenters. The molecule has 0 saturated heterocycles. The lowest BCUT2D eigenvalue weighted by Gasteiger charge is -2.09. The summed E-state index contributed by atoms with van der Waals surface area (Å²) in [5.41, 5.74) is 0.937. The molecule has 2 heteroatoms. The molecule has 0 bridgehead atoms. The standard InChI is InChI=1S/C16H22FN/c1-2-3-4-5-6-7-8-15(13-18)14-9-11-16(17)12-10-14/h9-12,15H,2-8H2,1H3/t15-/m1/s1. The van der Waals surface area contributed by atoms with Gasteiger partial charge in [-0.2, -0.15) is 5.26 Å². The van der Waals surface area contributed by atoms with Crippen LogP contribution in [-0.2, 0) is 0 Å². The smallest absolute Gasteiger partial charge is 0.123 e. The summed E-state index contributed by atoms with van der Waals surface area (Å²) in [6.45, 7) is 2.21. The normalized spacial score (nSPS) is 12.1. The fraction of sp³-hybridized carbons (Fsp3) is 0.562. The van der Waals surface area contributed by atoms with Gasteiger partial charge in [0.1, 0.15) is 5.82 Å². The Labute approximate surface area is 110 Å². The lowest BCUT2D eigenvalue weighted by atomic mass is 9.94. The van der Waals surface area contributed by atoms with E-state index in [9.17, 15) is 4.39 Å². The summed E-state index contributed by atoms with van der Waals surface area (Å²) in [6.07, 6.45) is 8.28. The molecule has 1 aromatic carbocycles. The molecule has 0 amide bonds. The molecule has 0 fully saturated rings. The lowest BCUT2D eigenvalue weighted by molar-refractivity contribution is 0.574. The highest BCUT2D eigenvalue weighted by molar-refractivity contribution is 5.25. The van der Waals surface area contributed by atoms with Gasteiger partial charge in [-0.15, -0.1) is 0 Å². The topological polar surface area (TPSA) is 23.8 Å². The van der Waals surface area contributed by atoms with Gasteiger partial charge in [-0.1, -0.05) is 57.6 Å². The van der Waals surface area contributed by atoms with Crippen LogP contribution in [0.4, 0.5) is 4.39 Å². The van der Waals surface area contributed by atoms with Gasteiger partial charge in [0.15, 0.2) is 0 Å². The third-order valence-electron chi connectivity index (χ3n) is 3.27. The Morgan fingerprint density at radius 2 is 1.67 bits per heavy atom. The highest BCUT2D eigenvalue weighted by atomic mass is 19.1. The number of nitriles is 1. The van der Waals surface area contributed by atoms with E-state index in [4.69, 9.17) is 5.26 Å². The van der Waals surface area contributed by atoms with Crippen molar-refractivity contribution < 1.29 is 4.39 Å². The van der Waals surface area contributed by atoms with E-state index in [1.165, 1.54) is 44.2 Å². The maximum atomic E-state index is 12.8. The lowest BCUT2D eigenvalue weighted by Crippen LogP contribution is -1.96. The molecule has 1 nitrogen and oxygen atoms in total.